The van der Waals surface area contributed by atoms with E-state index in [2.05, 4.69) is 110 Å². The molecule has 0 saturated carbocycles. The molecule has 3 aromatic carbocycles. The van der Waals surface area contributed by atoms with E-state index in [1.807, 2.05) is 0 Å². The van der Waals surface area contributed by atoms with E-state index in [9.17, 15) is 0 Å². The molecular formula is C36H34N4. The van der Waals surface area contributed by atoms with Crippen molar-refractivity contribution < 1.29 is 0 Å². The lowest BCUT2D eigenvalue weighted by molar-refractivity contribution is 1.07. The fraction of sp³-hybridized carbons (Fsp3) is 0.222. The molecule has 0 fully saturated rings. The molecule has 4 heteroatoms. The predicted octanol–water partition coefficient (Wildman–Crippen LogP) is 9.20. The molecular weight excluding hydrogens is 488 g/mol. The smallest absolute Gasteiger partial charge is 0.0733 e. The lowest BCUT2D eigenvalue weighted by Gasteiger charge is -2.08. The van der Waals surface area contributed by atoms with Gasteiger partial charge in [0, 0.05) is 78.0 Å². The van der Waals surface area contributed by atoms with E-state index < -0.39 is 0 Å². The molecule has 0 radical (unpaired) electrons. The van der Waals surface area contributed by atoms with E-state index in [0.717, 1.165) is 59.9 Å². The molecule has 5 aromatic rings. The fourth-order valence-corrected chi connectivity index (χ4v) is 6.41. The number of H-pyrrole nitrogens is 2. The number of aliphatic imine (C=N–C) groups is 2. The van der Waals surface area contributed by atoms with Gasteiger partial charge in [0.1, 0.15) is 0 Å². The molecule has 198 valence electrons. The molecule has 2 aliphatic rings. The van der Waals surface area contributed by atoms with Crippen molar-refractivity contribution in [1.29, 1.82) is 0 Å². The predicted molar refractivity (Wildman–Crippen MR) is 171 cm³/mol. The summed E-state index contributed by atoms with van der Waals surface area (Å²) in [6, 6.07) is 21.9. The minimum Gasteiger partial charge on any atom is -0.358 e. The minimum absolute atomic E-state index is 0.885. The maximum absolute atomic E-state index is 5.16. The zero-order chi connectivity index (χ0) is 27.4. The monoisotopic (exact) mass is 522 g/mol. The van der Waals surface area contributed by atoms with Crippen molar-refractivity contribution in [3.63, 3.8) is 0 Å². The first-order valence-electron chi connectivity index (χ1n) is 14.6. The average molecular weight is 523 g/mol. The van der Waals surface area contributed by atoms with Crippen LogP contribution >= 0.6 is 0 Å². The van der Waals surface area contributed by atoms with Gasteiger partial charge in [-0.15, -0.1) is 0 Å². The van der Waals surface area contributed by atoms with Crippen LogP contribution in [0.15, 0.2) is 70.6 Å². The standard InChI is InChI=1S/C36H34N4/c1-5-29-21-13-9-11-15-23(21)33(37-29)19-35-27-17-26-28(18-25(27)31(7-3)39-35)36(40-32(26)8-4)20-34-24-16-12-10-14-22(24)30(6-2)38-34/h9-20,37-38H,5-8H2,1-4H3/b35-19-,36-20-. The van der Waals surface area contributed by atoms with Crippen LogP contribution in [0.5, 0.6) is 0 Å². The van der Waals surface area contributed by atoms with Crippen LogP contribution in [0.3, 0.4) is 0 Å². The molecule has 2 N–H and O–H groups in total. The molecule has 0 spiro atoms. The van der Waals surface area contributed by atoms with E-state index in [1.54, 1.807) is 0 Å². The highest BCUT2D eigenvalue weighted by atomic mass is 14.8. The van der Waals surface area contributed by atoms with Crippen LogP contribution in [-0.2, 0) is 12.8 Å². The van der Waals surface area contributed by atoms with Gasteiger partial charge in [0.25, 0.3) is 0 Å². The van der Waals surface area contributed by atoms with Crippen LogP contribution in [0.4, 0.5) is 0 Å². The Morgan fingerprint density at radius 2 is 0.925 bits per heavy atom. The van der Waals surface area contributed by atoms with Gasteiger partial charge in [0.2, 0.25) is 0 Å². The summed E-state index contributed by atoms with van der Waals surface area (Å²) >= 11 is 0. The SMILES string of the molecule is CCC1=N/C(=C\c2[nH]c(CC)c3ccccc23)c2cc3c(cc21)/C(=C/c1[nH]c(CC)c2ccccc12)N=C3CC. The Hall–Kier alpha value is -4.44. The van der Waals surface area contributed by atoms with Gasteiger partial charge >= 0.3 is 0 Å². The summed E-state index contributed by atoms with van der Waals surface area (Å²) in [5.41, 5.74) is 14.0. The molecule has 0 saturated heterocycles. The molecule has 4 heterocycles. The highest BCUT2D eigenvalue weighted by Gasteiger charge is 2.27. The van der Waals surface area contributed by atoms with E-state index in [1.165, 1.54) is 55.2 Å². The molecule has 0 amide bonds. The number of nitrogens with zero attached hydrogens (tertiary/aromatic N) is 2. The average Bonchev–Trinajstić information content (AvgIpc) is 3.73. The number of rotatable bonds is 6. The molecule has 2 aliphatic heterocycles. The molecule has 0 aliphatic carbocycles. The van der Waals surface area contributed by atoms with Crippen LogP contribution in [0.1, 0.15) is 85.6 Å². The molecule has 2 aromatic heterocycles. The zero-order valence-electron chi connectivity index (χ0n) is 23.7. The molecule has 4 nitrogen and oxygen atoms in total. The third kappa shape index (κ3) is 3.74. The van der Waals surface area contributed by atoms with Gasteiger partial charge in [0.15, 0.2) is 0 Å². The Bertz CT molecular complexity index is 1790. The summed E-state index contributed by atoms with van der Waals surface area (Å²) in [5, 5.41) is 5.09. The van der Waals surface area contributed by atoms with E-state index in [4.69, 9.17) is 9.98 Å². The number of nitrogens with one attached hydrogen (secondary N) is 2. The second-order valence-corrected chi connectivity index (χ2v) is 10.7. The van der Waals surface area contributed by atoms with Crippen LogP contribution in [0.2, 0.25) is 0 Å². The summed E-state index contributed by atoms with van der Waals surface area (Å²) in [5.74, 6) is 0. The molecule has 0 bridgehead atoms. The number of aromatic amines is 2. The molecule has 7 rings (SSSR count). The van der Waals surface area contributed by atoms with E-state index in [0.29, 0.717) is 0 Å². The molecule has 40 heavy (non-hydrogen) atoms. The first kappa shape index (κ1) is 24.6. The normalized spacial score (nSPS) is 16.3. The van der Waals surface area contributed by atoms with Gasteiger partial charge in [-0.3, -0.25) is 9.98 Å². The van der Waals surface area contributed by atoms with Crippen molar-refractivity contribution in [2.45, 2.75) is 53.4 Å². The van der Waals surface area contributed by atoms with Crippen LogP contribution in [0.25, 0.3) is 45.1 Å². The van der Waals surface area contributed by atoms with Crippen LogP contribution < -0.4 is 0 Å². The Morgan fingerprint density at radius 1 is 0.525 bits per heavy atom. The summed E-state index contributed by atoms with van der Waals surface area (Å²) < 4.78 is 0. The Morgan fingerprint density at radius 3 is 1.30 bits per heavy atom. The van der Waals surface area contributed by atoms with Gasteiger partial charge in [0.05, 0.1) is 11.4 Å². The fourth-order valence-electron chi connectivity index (χ4n) is 6.41. The molecule has 0 unspecified atom stereocenters. The quantitative estimate of drug-likeness (QED) is 0.223. The first-order chi connectivity index (χ1) is 19.6. The highest BCUT2D eigenvalue weighted by molar-refractivity contribution is 6.19. The maximum Gasteiger partial charge on any atom is 0.0733 e. The summed E-state index contributed by atoms with van der Waals surface area (Å²) in [6.45, 7) is 8.79. The Balaban J connectivity index is 1.38. The number of benzene rings is 3. The van der Waals surface area contributed by atoms with Crippen molar-refractivity contribution in [2.75, 3.05) is 0 Å². The Labute approximate surface area is 235 Å². The van der Waals surface area contributed by atoms with E-state index >= 15 is 0 Å². The second-order valence-electron chi connectivity index (χ2n) is 10.7. The maximum atomic E-state index is 5.16. The molecule has 0 atom stereocenters. The largest absolute Gasteiger partial charge is 0.358 e. The number of aromatic nitrogens is 2. The van der Waals surface area contributed by atoms with Crippen molar-refractivity contribution >= 4 is 56.5 Å². The Kier molecular flexibility index (Phi) is 5.92. The number of aryl methyl sites for hydroxylation is 2. The van der Waals surface area contributed by atoms with Gasteiger partial charge in [-0.2, -0.15) is 0 Å². The number of hydrogen-bond acceptors (Lipinski definition) is 2. The highest BCUT2D eigenvalue weighted by Crippen LogP contribution is 2.40. The van der Waals surface area contributed by atoms with Crippen molar-refractivity contribution in [3.8, 4) is 0 Å². The van der Waals surface area contributed by atoms with E-state index in [-0.39, 0.29) is 0 Å². The van der Waals surface area contributed by atoms with Crippen molar-refractivity contribution in [1.82, 2.24) is 9.97 Å². The topological polar surface area (TPSA) is 56.3 Å². The minimum atomic E-state index is 0.885. The van der Waals surface area contributed by atoms with Gasteiger partial charge in [-0.25, -0.2) is 0 Å². The lowest BCUT2D eigenvalue weighted by atomic mass is 9.92. The number of hydrogen-bond donors (Lipinski definition) is 2. The first-order valence-corrected chi connectivity index (χ1v) is 14.6. The van der Waals surface area contributed by atoms with Crippen LogP contribution in [0, 0.1) is 0 Å². The third-order valence-electron chi connectivity index (χ3n) is 8.44. The summed E-state index contributed by atoms with van der Waals surface area (Å²) in [7, 11) is 0. The van der Waals surface area contributed by atoms with Gasteiger partial charge < -0.3 is 9.97 Å². The summed E-state index contributed by atoms with van der Waals surface area (Å²) in [6.07, 6.45) is 8.19. The van der Waals surface area contributed by atoms with Crippen molar-refractivity contribution in [3.05, 3.63) is 106 Å². The number of fused-ring (bicyclic) bond motifs is 4. The van der Waals surface area contributed by atoms with Gasteiger partial charge in [-0.05, 0) is 50.0 Å². The third-order valence-corrected chi connectivity index (χ3v) is 8.44. The van der Waals surface area contributed by atoms with Crippen LogP contribution in [-0.4, -0.2) is 21.4 Å². The second kappa shape index (κ2) is 9.63. The summed E-state index contributed by atoms with van der Waals surface area (Å²) in [4.78, 5) is 17.7. The zero-order valence-corrected chi connectivity index (χ0v) is 23.7. The van der Waals surface area contributed by atoms with Crippen molar-refractivity contribution in [2.24, 2.45) is 9.98 Å². The lowest BCUT2D eigenvalue weighted by Crippen LogP contribution is -2.02. The van der Waals surface area contributed by atoms with Gasteiger partial charge in [-0.1, -0.05) is 76.2 Å².